The largest absolute Gasteiger partial charge is 0.346 e. The predicted molar refractivity (Wildman–Crippen MR) is 62.2 cm³/mol. The van der Waals surface area contributed by atoms with Crippen molar-refractivity contribution in [1.29, 1.82) is 0 Å². The van der Waals surface area contributed by atoms with Gasteiger partial charge in [-0.05, 0) is 29.3 Å². The number of aromatic amines is 2. The first kappa shape index (κ1) is 8.91. The molecular formula is C12H9N3O. The summed E-state index contributed by atoms with van der Waals surface area (Å²) in [6, 6.07) is 7.24. The lowest BCUT2D eigenvalue weighted by atomic mass is 10.1. The smallest absolute Gasteiger partial charge is 0.247 e. The topological polar surface area (TPSA) is 61.5 Å². The van der Waals surface area contributed by atoms with Crippen molar-refractivity contribution >= 4 is 11.0 Å². The van der Waals surface area contributed by atoms with E-state index < -0.39 is 0 Å². The zero-order valence-corrected chi connectivity index (χ0v) is 8.40. The van der Waals surface area contributed by atoms with Gasteiger partial charge in [-0.1, -0.05) is 0 Å². The third-order valence-corrected chi connectivity index (χ3v) is 2.56. The predicted octanol–water partition coefficient (Wildman–Crippen LogP) is 1.92. The van der Waals surface area contributed by atoms with Crippen LogP contribution in [0, 0.1) is 0 Å². The summed E-state index contributed by atoms with van der Waals surface area (Å²) in [5, 5.41) is 1.05. The first-order valence-electron chi connectivity index (χ1n) is 4.96. The number of hydrogen-bond acceptors (Lipinski definition) is 2. The van der Waals surface area contributed by atoms with E-state index in [9.17, 15) is 4.79 Å². The zero-order valence-electron chi connectivity index (χ0n) is 8.40. The monoisotopic (exact) mass is 211 g/mol. The molecule has 0 aliphatic carbocycles. The number of H-pyrrole nitrogens is 2. The van der Waals surface area contributed by atoms with Crippen molar-refractivity contribution in [3.8, 4) is 11.1 Å². The molecule has 0 fully saturated rings. The van der Waals surface area contributed by atoms with Crippen molar-refractivity contribution in [2.45, 2.75) is 0 Å². The van der Waals surface area contributed by atoms with Crippen molar-refractivity contribution in [1.82, 2.24) is 15.0 Å². The second-order valence-corrected chi connectivity index (χ2v) is 3.54. The fourth-order valence-electron chi connectivity index (χ4n) is 1.79. The molecule has 4 nitrogen and oxygen atoms in total. The second kappa shape index (κ2) is 3.34. The van der Waals surface area contributed by atoms with Crippen LogP contribution in [-0.4, -0.2) is 15.0 Å². The Labute approximate surface area is 91.0 Å². The van der Waals surface area contributed by atoms with Gasteiger partial charge in [0.2, 0.25) is 5.56 Å². The summed E-state index contributed by atoms with van der Waals surface area (Å²) >= 11 is 0. The van der Waals surface area contributed by atoms with Gasteiger partial charge in [0.25, 0.3) is 0 Å². The molecule has 3 aromatic rings. The number of aromatic nitrogens is 3. The standard InChI is InChI=1S/C12H9N3O/c16-11-2-1-8(7-15-11)9-3-5-13-12-10(9)4-6-14-12/h1-7H,(H,13,14)(H,15,16). The maximum atomic E-state index is 11.0. The first-order chi connectivity index (χ1) is 7.84. The fourth-order valence-corrected chi connectivity index (χ4v) is 1.79. The molecule has 0 radical (unpaired) electrons. The van der Waals surface area contributed by atoms with E-state index in [0.29, 0.717) is 0 Å². The van der Waals surface area contributed by atoms with E-state index in [4.69, 9.17) is 0 Å². The lowest BCUT2D eigenvalue weighted by Crippen LogP contribution is -2.01. The molecule has 0 aliphatic rings. The van der Waals surface area contributed by atoms with Gasteiger partial charge >= 0.3 is 0 Å². The van der Waals surface area contributed by atoms with Gasteiger partial charge in [0.15, 0.2) is 0 Å². The Hall–Kier alpha value is -2.36. The number of nitrogens with one attached hydrogen (secondary N) is 2. The Morgan fingerprint density at radius 1 is 1.06 bits per heavy atom. The Morgan fingerprint density at radius 3 is 2.81 bits per heavy atom. The van der Waals surface area contributed by atoms with Gasteiger partial charge in [-0.3, -0.25) is 4.79 Å². The summed E-state index contributed by atoms with van der Waals surface area (Å²) in [7, 11) is 0. The Bertz CT molecular complexity index is 676. The van der Waals surface area contributed by atoms with Gasteiger partial charge in [-0.15, -0.1) is 0 Å². The van der Waals surface area contributed by atoms with E-state index >= 15 is 0 Å². The van der Waals surface area contributed by atoms with Crippen molar-refractivity contribution < 1.29 is 0 Å². The molecular weight excluding hydrogens is 202 g/mol. The van der Waals surface area contributed by atoms with Gasteiger partial charge in [-0.2, -0.15) is 0 Å². The molecule has 4 heteroatoms. The van der Waals surface area contributed by atoms with Gasteiger partial charge in [0.1, 0.15) is 5.65 Å². The molecule has 0 saturated heterocycles. The van der Waals surface area contributed by atoms with Crippen molar-refractivity contribution in [3.63, 3.8) is 0 Å². The molecule has 16 heavy (non-hydrogen) atoms. The molecule has 0 saturated carbocycles. The average Bonchev–Trinajstić information content (AvgIpc) is 2.78. The first-order valence-corrected chi connectivity index (χ1v) is 4.96. The van der Waals surface area contributed by atoms with Crippen LogP contribution in [-0.2, 0) is 0 Å². The number of fused-ring (bicyclic) bond motifs is 1. The van der Waals surface area contributed by atoms with Crippen LogP contribution in [0.15, 0.2) is 47.7 Å². The fraction of sp³-hybridized carbons (Fsp3) is 0. The van der Waals surface area contributed by atoms with Crippen molar-refractivity contribution in [2.24, 2.45) is 0 Å². The zero-order chi connectivity index (χ0) is 11.0. The number of rotatable bonds is 1. The van der Waals surface area contributed by atoms with Gasteiger partial charge in [0, 0.05) is 30.0 Å². The Kier molecular flexibility index (Phi) is 1.86. The minimum Gasteiger partial charge on any atom is -0.346 e. The van der Waals surface area contributed by atoms with E-state index in [0.717, 1.165) is 22.2 Å². The molecule has 0 spiro atoms. The van der Waals surface area contributed by atoms with E-state index in [1.807, 2.05) is 18.3 Å². The second-order valence-electron chi connectivity index (χ2n) is 3.54. The van der Waals surface area contributed by atoms with Crippen LogP contribution < -0.4 is 5.56 Å². The van der Waals surface area contributed by atoms with Crippen LogP contribution in [0.25, 0.3) is 22.2 Å². The van der Waals surface area contributed by atoms with Crippen LogP contribution in [0.1, 0.15) is 0 Å². The van der Waals surface area contributed by atoms with Gasteiger partial charge < -0.3 is 9.97 Å². The van der Waals surface area contributed by atoms with Crippen LogP contribution >= 0.6 is 0 Å². The van der Waals surface area contributed by atoms with Crippen molar-refractivity contribution in [2.75, 3.05) is 0 Å². The molecule has 2 N–H and O–H groups in total. The quantitative estimate of drug-likeness (QED) is 0.646. The van der Waals surface area contributed by atoms with E-state index in [1.165, 1.54) is 6.07 Å². The summed E-state index contributed by atoms with van der Waals surface area (Å²) in [5.74, 6) is 0. The molecule has 3 rings (SSSR count). The molecule has 0 unspecified atom stereocenters. The van der Waals surface area contributed by atoms with Crippen LogP contribution in [0.4, 0.5) is 0 Å². The summed E-state index contributed by atoms with van der Waals surface area (Å²) in [4.78, 5) is 20.9. The number of nitrogens with zero attached hydrogens (tertiary/aromatic N) is 1. The van der Waals surface area contributed by atoms with Crippen molar-refractivity contribution in [3.05, 3.63) is 53.2 Å². The highest BCUT2D eigenvalue weighted by Crippen LogP contribution is 2.25. The molecule has 3 heterocycles. The number of hydrogen-bond donors (Lipinski definition) is 2. The highest BCUT2D eigenvalue weighted by atomic mass is 16.1. The molecule has 0 atom stereocenters. The summed E-state index contributed by atoms with van der Waals surface area (Å²) in [6.45, 7) is 0. The maximum Gasteiger partial charge on any atom is 0.247 e. The molecule has 0 aromatic carbocycles. The molecule has 0 amide bonds. The van der Waals surface area contributed by atoms with Crippen LogP contribution in [0.2, 0.25) is 0 Å². The third-order valence-electron chi connectivity index (χ3n) is 2.56. The highest BCUT2D eigenvalue weighted by molar-refractivity contribution is 5.92. The lowest BCUT2D eigenvalue weighted by Gasteiger charge is -2.01. The summed E-state index contributed by atoms with van der Waals surface area (Å²) in [5.41, 5.74) is 2.79. The van der Waals surface area contributed by atoms with Crippen LogP contribution in [0.3, 0.4) is 0 Å². The maximum absolute atomic E-state index is 11.0. The van der Waals surface area contributed by atoms with E-state index in [-0.39, 0.29) is 5.56 Å². The molecule has 0 bridgehead atoms. The molecule has 78 valence electrons. The van der Waals surface area contributed by atoms with Crippen LogP contribution in [0.5, 0.6) is 0 Å². The minimum atomic E-state index is -0.0943. The summed E-state index contributed by atoms with van der Waals surface area (Å²) < 4.78 is 0. The third kappa shape index (κ3) is 1.32. The number of pyridine rings is 2. The Morgan fingerprint density at radius 2 is 2.00 bits per heavy atom. The van der Waals surface area contributed by atoms with Gasteiger partial charge in [0.05, 0.1) is 0 Å². The molecule has 0 aliphatic heterocycles. The molecule has 3 aromatic heterocycles. The SMILES string of the molecule is O=c1ccc(-c2ccnc3[nH]ccc23)c[nH]1. The summed E-state index contributed by atoms with van der Waals surface area (Å²) in [6.07, 6.45) is 5.32. The lowest BCUT2D eigenvalue weighted by molar-refractivity contribution is 1.24. The minimum absolute atomic E-state index is 0.0943. The highest BCUT2D eigenvalue weighted by Gasteiger charge is 2.04. The van der Waals surface area contributed by atoms with Gasteiger partial charge in [-0.25, -0.2) is 4.98 Å². The average molecular weight is 211 g/mol. The Balaban J connectivity index is 2.29. The normalized spacial score (nSPS) is 10.8. The van der Waals surface area contributed by atoms with E-state index in [2.05, 4.69) is 15.0 Å². The van der Waals surface area contributed by atoms with E-state index in [1.54, 1.807) is 18.5 Å².